The highest BCUT2D eigenvalue weighted by molar-refractivity contribution is 5.93. The summed E-state index contributed by atoms with van der Waals surface area (Å²) in [6.07, 6.45) is 0.620. The van der Waals surface area contributed by atoms with Gasteiger partial charge in [-0.2, -0.15) is 0 Å². The number of ether oxygens (including phenoxy) is 5. The molecule has 2 saturated heterocycles. The lowest BCUT2D eigenvalue weighted by molar-refractivity contribution is -0.305. The molecule has 7 fully saturated rings. The number of hydrogen-bond acceptors (Lipinski definition) is 11. The highest BCUT2D eigenvalue weighted by Crippen LogP contribution is 2.89. The summed E-state index contributed by atoms with van der Waals surface area (Å²) in [7, 11) is 0. The Kier molecular flexibility index (Phi) is 8.58. The van der Waals surface area contributed by atoms with Gasteiger partial charge in [0.05, 0.1) is 24.4 Å². The number of carbonyl (C=O) groups excluding carboxylic acids is 3. The Labute approximate surface area is 296 Å². The molecule has 0 radical (unpaired) electrons. The second-order valence-electron chi connectivity index (χ2n) is 19.0. The molecule has 16 atom stereocenters. The van der Waals surface area contributed by atoms with Crippen LogP contribution in [0.2, 0.25) is 0 Å². The van der Waals surface area contributed by atoms with Crippen LogP contribution in [0.15, 0.2) is 0 Å². The number of hydrogen-bond donors (Lipinski definition) is 3. The van der Waals surface area contributed by atoms with Gasteiger partial charge in [0.15, 0.2) is 24.3 Å². The third kappa shape index (κ3) is 4.91. The molecule has 0 aromatic carbocycles. The van der Waals surface area contributed by atoms with Crippen molar-refractivity contribution >= 4 is 17.7 Å². The van der Waals surface area contributed by atoms with Crippen molar-refractivity contribution in [3.05, 3.63) is 0 Å². The maximum absolute atomic E-state index is 15.0. The molecular formula is C39H60O11. The van der Waals surface area contributed by atoms with Gasteiger partial charge in [0.25, 0.3) is 0 Å². The van der Waals surface area contributed by atoms with E-state index in [1.54, 1.807) is 13.8 Å². The molecule has 11 heteroatoms. The Morgan fingerprint density at radius 1 is 0.960 bits per heavy atom. The number of carbonyl (C=O) groups is 3. The van der Waals surface area contributed by atoms with Crippen molar-refractivity contribution < 1.29 is 53.4 Å². The van der Waals surface area contributed by atoms with Gasteiger partial charge in [-0.05, 0) is 105 Å². The van der Waals surface area contributed by atoms with Crippen molar-refractivity contribution in [3.8, 4) is 0 Å². The van der Waals surface area contributed by atoms with E-state index in [2.05, 4.69) is 34.6 Å². The van der Waals surface area contributed by atoms with Crippen molar-refractivity contribution in [2.75, 3.05) is 6.61 Å². The summed E-state index contributed by atoms with van der Waals surface area (Å²) in [5, 5.41) is 31.9. The molecule has 2 spiro atoms. The topological polar surface area (TPSA) is 158 Å². The minimum atomic E-state index is -1.32. The second-order valence-corrected chi connectivity index (χ2v) is 19.0. The number of rotatable bonds is 6. The van der Waals surface area contributed by atoms with Crippen molar-refractivity contribution in [2.24, 2.45) is 50.7 Å². The van der Waals surface area contributed by atoms with E-state index in [0.717, 1.165) is 44.9 Å². The van der Waals surface area contributed by atoms with E-state index in [9.17, 15) is 24.9 Å². The predicted octanol–water partition coefficient (Wildman–Crippen LogP) is 4.11. The molecule has 5 saturated carbocycles. The Bertz CT molecular complexity index is 1410. The second kappa shape index (κ2) is 11.7. The first-order valence-corrected chi connectivity index (χ1v) is 19.1. The quantitative estimate of drug-likeness (QED) is 0.270. The first-order chi connectivity index (χ1) is 23.2. The fourth-order valence-electron chi connectivity index (χ4n) is 13.7. The number of esters is 2. The van der Waals surface area contributed by atoms with Crippen LogP contribution in [-0.2, 0) is 38.1 Å². The summed E-state index contributed by atoms with van der Waals surface area (Å²) < 4.78 is 30.2. The van der Waals surface area contributed by atoms with Crippen molar-refractivity contribution in [2.45, 2.75) is 168 Å². The lowest BCUT2D eigenvalue weighted by Crippen LogP contribution is -2.61. The van der Waals surface area contributed by atoms with Gasteiger partial charge in [-0.3, -0.25) is 14.4 Å². The van der Waals surface area contributed by atoms with Crippen LogP contribution in [0.4, 0.5) is 0 Å². The van der Waals surface area contributed by atoms with Crippen LogP contribution in [0.25, 0.3) is 0 Å². The van der Waals surface area contributed by atoms with Crippen molar-refractivity contribution in [1.82, 2.24) is 0 Å². The Morgan fingerprint density at radius 2 is 1.62 bits per heavy atom. The summed E-state index contributed by atoms with van der Waals surface area (Å²) in [5.74, 6) is -0.0701. The van der Waals surface area contributed by atoms with Crippen molar-refractivity contribution in [1.29, 1.82) is 0 Å². The zero-order valence-electron chi connectivity index (χ0n) is 31.4. The van der Waals surface area contributed by atoms with E-state index in [-0.39, 0.29) is 57.9 Å². The van der Waals surface area contributed by atoms with Crippen LogP contribution in [0, 0.1) is 50.7 Å². The average molecular weight is 705 g/mol. The van der Waals surface area contributed by atoms with Crippen LogP contribution in [0.5, 0.6) is 0 Å². The molecule has 11 nitrogen and oxygen atoms in total. The average Bonchev–Trinajstić information content (AvgIpc) is 3.64. The van der Waals surface area contributed by atoms with E-state index < -0.39 is 65.9 Å². The van der Waals surface area contributed by atoms with Crippen LogP contribution in [0.3, 0.4) is 0 Å². The predicted molar refractivity (Wildman–Crippen MR) is 179 cm³/mol. The van der Waals surface area contributed by atoms with Gasteiger partial charge in [0.2, 0.25) is 0 Å². The van der Waals surface area contributed by atoms with Gasteiger partial charge in [0, 0.05) is 25.2 Å². The maximum Gasteiger partial charge on any atom is 0.303 e. The molecule has 2 aliphatic heterocycles. The van der Waals surface area contributed by atoms with Gasteiger partial charge in [-0.15, -0.1) is 0 Å². The molecule has 282 valence electrons. The van der Waals surface area contributed by atoms with E-state index in [1.807, 2.05) is 0 Å². The molecule has 0 unspecified atom stereocenters. The summed E-state index contributed by atoms with van der Waals surface area (Å²) in [6.45, 7) is 17.1. The minimum absolute atomic E-state index is 0.0518. The number of Topliss-reactive ketones (excluding diaryl/α,β-unsaturated/α-hetero) is 1. The minimum Gasteiger partial charge on any atom is -0.457 e. The fourth-order valence-corrected chi connectivity index (χ4v) is 13.7. The Hall–Kier alpha value is -1.63. The van der Waals surface area contributed by atoms with Gasteiger partial charge in [-0.1, -0.05) is 34.6 Å². The number of aliphatic hydroxyl groups is 3. The highest BCUT2D eigenvalue weighted by atomic mass is 16.7. The fraction of sp³-hybridized carbons (Fsp3) is 0.923. The number of fused-ring (bicyclic) bond motifs is 4. The van der Waals surface area contributed by atoms with E-state index in [0.29, 0.717) is 12.3 Å². The first-order valence-electron chi connectivity index (χ1n) is 19.1. The van der Waals surface area contributed by atoms with Crippen LogP contribution in [-0.4, -0.2) is 94.3 Å². The molecule has 3 N–H and O–H groups in total. The molecule has 7 rings (SSSR count). The molecule has 0 aromatic heterocycles. The zero-order chi connectivity index (χ0) is 36.6. The largest absolute Gasteiger partial charge is 0.457 e. The molecule has 5 aliphatic carbocycles. The Morgan fingerprint density at radius 3 is 2.26 bits per heavy atom. The summed E-state index contributed by atoms with van der Waals surface area (Å²) in [4.78, 5) is 39.0. The molecule has 50 heavy (non-hydrogen) atoms. The first kappa shape index (κ1) is 36.7. The van der Waals surface area contributed by atoms with Gasteiger partial charge in [-0.25, -0.2) is 0 Å². The third-order valence-electron chi connectivity index (χ3n) is 15.9. The SMILES string of the molecule is CC(=O)O[C@@H]1[C@@H](O[C@H]2CC[C@]34C[C@]35CC[C@]3(C)[C@H]6[C@H](C)C[C@H]([C@@H](OC(C)=O)C(C)(C)O)O[C@H]6C(=O)[C@@]3(C)[C@@H]5CC[C@H]4C2(C)C)OC[C@H](O)[C@H]1O. The molecule has 0 aromatic rings. The van der Waals surface area contributed by atoms with Crippen LogP contribution >= 0.6 is 0 Å². The smallest absolute Gasteiger partial charge is 0.303 e. The number of ketones is 1. The van der Waals surface area contributed by atoms with E-state index in [4.69, 9.17) is 23.7 Å². The summed E-state index contributed by atoms with van der Waals surface area (Å²) >= 11 is 0. The zero-order valence-corrected chi connectivity index (χ0v) is 31.4. The standard InChI is InChI=1S/C39H60O11/c1-19-16-23(32(35(6,7)45)48-21(3)41)49-29-27(19)36(8)14-15-39-18-38(39)13-12-26(50-33-30(47-20(2)40)28(43)22(42)17-46-33)34(4,5)24(38)10-11-25(39)37(36,9)31(29)44/h19,22-30,32-33,42-43,45H,10-18H2,1-9H3/t19-,22+,23-,24+,25+,26+,27+,28-,29-,30+,32-,33-,36-,37-,38-,39+/m1/s1. The number of aliphatic hydroxyl groups excluding tert-OH is 2. The third-order valence-corrected chi connectivity index (χ3v) is 15.9. The lowest BCUT2D eigenvalue weighted by atomic mass is 9.41. The Balaban J connectivity index is 1.14. The van der Waals surface area contributed by atoms with Crippen molar-refractivity contribution in [3.63, 3.8) is 0 Å². The molecular weight excluding hydrogens is 644 g/mol. The maximum atomic E-state index is 15.0. The summed E-state index contributed by atoms with van der Waals surface area (Å²) in [6, 6.07) is 0. The molecule has 7 aliphatic rings. The van der Waals surface area contributed by atoms with Crippen LogP contribution < -0.4 is 0 Å². The lowest BCUT2D eigenvalue weighted by Gasteiger charge is -2.62. The van der Waals surface area contributed by atoms with Gasteiger partial charge < -0.3 is 39.0 Å². The van der Waals surface area contributed by atoms with Gasteiger partial charge in [0.1, 0.15) is 18.3 Å². The highest BCUT2D eigenvalue weighted by Gasteiger charge is 2.85. The molecule has 0 amide bonds. The van der Waals surface area contributed by atoms with Crippen LogP contribution in [0.1, 0.15) is 114 Å². The monoisotopic (exact) mass is 704 g/mol. The summed E-state index contributed by atoms with van der Waals surface area (Å²) in [5.41, 5.74) is -2.20. The molecule has 2 heterocycles. The van der Waals surface area contributed by atoms with E-state index >= 15 is 4.79 Å². The normalized spacial score (nSPS) is 51.2. The van der Waals surface area contributed by atoms with E-state index in [1.165, 1.54) is 13.8 Å². The molecule has 0 bridgehead atoms. The van der Waals surface area contributed by atoms with Gasteiger partial charge >= 0.3 is 11.9 Å².